The Morgan fingerprint density at radius 1 is 1.17 bits per heavy atom. The average molecular weight is 130 g/mol. The molecule has 0 aromatic carbocycles. The highest BCUT2D eigenvalue weighted by atomic mass is 35.5. The second-order valence-corrected chi connectivity index (χ2v) is 1.32. The fraction of sp³-hybridized carbons (Fsp3) is 1.00. The minimum absolute atomic E-state index is 0. The van der Waals surface area contributed by atoms with Crippen LogP contribution in [-0.4, -0.2) is 14.2 Å². The molecule has 0 N–H and O–H groups in total. The van der Waals surface area contributed by atoms with E-state index in [0.29, 0.717) is 9.03 Å². The van der Waals surface area contributed by atoms with Gasteiger partial charge in [-0.2, -0.15) is 0 Å². The van der Waals surface area contributed by atoms with Crippen molar-refractivity contribution in [2.75, 3.05) is 14.2 Å². The van der Waals surface area contributed by atoms with Crippen LogP contribution in [-0.2, 0) is 9.05 Å². The van der Waals surface area contributed by atoms with Crippen molar-refractivity contribution >= 4 is 21.4 Å². The van der Waals surface area contributed by atoms with Gasteiger partial charge >= 0.3 is 0 Å². The van der Waals surface area contributed by atoms with Crippen LogP contribution < -0.4 is 0 Å². The van der Waals surface area contributed by atoms with Crippen LogP contribution in [0.2, 0.25) is 0 Å². The van der Waals surface area contributed by atoms with Gasteiger partial charge in [0, 0.05) is 14.2 Å². The lowest BCUT2D eigenvalue weighted by molar-refractivity contribution is 0.362. The van der Waals surface area contributed by atoms with Crippen LogP contribution in [0.1, 0.15) is 0 Å². The summed E-state index contributed by atoms with van der Waals surface area (Å²) in [5, 5.41) is 0. The lowest BCUT2D eigenvalue weighted by atomic mass is 11.8. The van der Waals surface area contributed by atoms with Crippen LogP contribution in [0.4, 0.5) is 0 Å². The summed E-state index contributed by atoms with van der Waals surface area (Å²) in [6.07, 6.45) is 0. The zero-order valence-electron chi connectivity index (χ0n) is 3.67. The predicted molar refractivity (Wildman–Crippen MR) is 28.2 cm³/mol. The molecule has 2 nitrogen and oxygen atoms in total. The van der Waals surface area contributed by atoms with Gasteiger partial charge in [0.05, 0.1) is 0 Å². The van der Waals surface area contributed by atoms with Gasteiger partial charge in [0.15, 0.2) is 0 Å². The molecule has 0 aliphatic carbocycles. The van der Waals surface area contributed by atoms with Crippen LogP contribution in [0, 0.1) is 0 Å². The molecule has 0 fully saturated rings. The van der Waals surface area contributed by atoms with E-state index >= 15 is 0 Å². The Balaban J connectivity index is 0. The Morgan fingerprint density at radius 2 is 1.50 bits per heavy atom. The van der Waals surface area contributed by atoms with Gasteiger partial charge in [-0.15, -0.1) is 12.4 Å². The second-order valence-electron chi connectivity index (χ2n) is 0.440. The Morgan fingerprint density at radius 3 is 1.50 bits per heavy atom. The highest BCUT2D eigenvalue weighted by Crippen LogP contribution is 2.05. The molecule has 0 saturated heterocycles. The molecule has 0 aliphatic rings. The lowest BCUT2D eigenvalue weighted by Gasteiger charge is -1.83. The molecule has 4 heteroatoms. The molecule has 0 saturated carbocycles. The van der Waals surface area contributed by atoms with Gasteiger partial charge < -0.3 is 9.05 Å². The molecule has 1 radical (unpaired) electrons. The quantitative estimate of drug-likeness (QED) is 0.526. The topological polar surface area (TPSA) is 18.5 Å². The Bertz CT molecular complexity index is 19.0. The maximum atomic E-state index is 4.44. The Hall–Kier alpha value is 0.640. The van der Waals surface area contributed by atoms with Gasteiger partial charge in [-0.25, -0.2) is 0 Å². The normalized spacial score (nSPS) is 7.00. The minimum atomic E-state index is 0. The van der Waals surface area contributed by atoms with Gasteiger partial charge in [0.1, 0.15) is 0 Å². The highest BCUT2D eigenvalue weighted by Gasteiger charge is 1.68. The molecule has 0 amide bonds. The summed E-state index contributed by atoms with van der Waals surface area (Å²) in [6, 6.07) is 0. The summed E-state index contributed by atoms with van der Waals surface area (Å²) in [6.45, 7) is 0. The van der Waals surface area contributed by atoms with Crippen molar-refractivity contribution in [2.24, 2.45) is 0 Å². The van der Waals surface area contributed by atoms with Crippen molar-refractivity contribution < 1.29 is 9.05 Å². The molecule has 0 bridgehead atoms. The standard InChI is InChI=1S/C2H6O2P.ClH/c1-3-5-4-2;/h1-2H3;1H. The van der Waals surface area contributed by atoms with Gasteiger partial charge in [-0.1, -0.05) is 0 Å². The van der Waals surface area contributed by atoms with E-state index in [-0.39, 0.29) is 12.4 Å². The first-order chi connectivity index (χ1) is 2.41. The number of hydrogen-bond acceptors (Lipinski definition) is 2. The molecule has 0 aromatic rings. The van der Waals surface area contributed by atoms with Crippen LogP contribution >= 0.6 is 21.4 Å². The molecule has 0 heterocycles. The zero-order chi connectivity index (χ0) is 4.12. The molecule has 0 atom stereocenters. The van der Waals surface area contributed by atoms with Crippen LogP contribution in [0.5, 0.6) is 0 Å². The third kappa shape index (κ3) is 8.82. The molecule has 0 aromatic heterocycles. The van der Waals surface area contributed by atoms with E-state index in [9.17, 15) is 0 Å². The summed E-state index contributed by atoms with van der Waals surface area (Å²) < 4.78 is 8.88. The molecule has 0 spiro atoms. The molecule has 0 aliphatic heterocycles. The van der Waals surface area contributed by atoms with E-state index in [1.165, 1.54) is 0 Å². The molecule has 0 unspecified atom stereocenters. The fourth-order valence-electron chi connectivity index (χ4n) is 0.0745. The van der Waals surface area contributed by atoms with Gasteiger partial charge in [0.25, 0.3) is 9.03 Å². The van der Waals surface area contributed by atoms with E-state index in [0.717, 1.165) is 0 Å². The van der Waals surface area contributed by atoms with Crippen LogP contribution in [0.3, 0.4) is 0 Å². The van der Waals surface area contributed by atoms with E-state index in [1.54, 1.807) is 14.2 Å². The lowest BCUT2D eigenvalue weighted by Crippen LogP contribution is -1.60. The SMILES string of the molecule is CO[P]OC.Cl. The Labute approximate surface area is 45.6 Å². The van der Waals surface area contributed by atoms with Crippen molar-refractivity contribution in [1.82, 2.24) is 0 Å². The highest BCUT2D eigenvalue weighted by molar-refractivity contribution is 7.26. The molecule has 6 heavy (non-hydrogen) atoms. The summed E-state index contributed by atoms with van der Waals surface area (Å²) in [4.78, 5) is 0. The fourth-order valence-corrected chi connectivity index (χ4v) is 0.224. The first-order valence-electron chi connectivity index (χ1n) is 1.18. The summed E-state index contributed by atoms with van der Waals surface area (Å²) in [5.74, 6) is 0. The summed E-state index contributed by atoms with van der Waals surface area (Å²) >= 11 is 0. The first-order valence-corrected chi connectivity index (χ1v) is 1.91. The van der Waals surface area contributed by atoms with Crippen LogP contribution in [0.25, 0.3) is 0 Å². The van der Waals surface area contributed by atoms with E-state index < -0.39 is 0 Å². The first kappa shape index (κ1) is 9.81. The van der Waals surface area contributed by atoms with Crippen molar-refractivity contribution in [1.29, 1.82) is 0 Å². The molecular formula is C2H7ClO2P. The van der Waals surface area contributed by atoms with Crippen molar-refractivity contribution in [2.45, 2.75) is 0 Å². The largest absolute Gasteiger partial charge is 0.331 e. The van der Waals surface area contributed by atoms with Gasteiger partial charge in [0.2, 0.25) is 0 Å². The predicted octanol–water partition coefficient (Wildman–Crippen LogP) is 1.48. The number of halogens is 1. The second kappa shape index (κ2) is 9.16. The Kier molecular flexibility index (Phi) is 15.0. The summed E-state index contributed by atoms with van der Waals surface area (Å²) in [7, 11) is 3.73. The molecule has 39 valence electrons. The molecular weight excluding hydrogens is 122 g/mol. The van der Waals surface area contributed by atoms with Crippen LogP contribution in [0.15, 0.2) is 0 Å². The smallest absolute Gasteiger partial charge is 0.255 e. The summed E-state index contributed by atoms with van der Waals surface area (Å²) in [5.41, 5.74) is 0. The minimum Gasteiger partial charge on any atom is -0.331 e. The monoisotopic (exact) mass is 129 g/mol. The van der Waals surface area contributed by atoms with Crippen molar-refractivity contribution in [3.05, 3.63) is 0 Å². The third-order valence-electron chi connectivity index (χ3n) is 0.149. The van der Waals surface area contributed by atoms with E-state index in [2.05, 4.69) is 9.05 Å². The van der Waals surface area contributed by atoms with E-state index in [4.69, 9.17) is 0 Å². The number of hydrogen-bond donors (Lipinski definition) is 0. The van der Waals surface area contributed by atoms with Gasteiger partial charge in [-0.05, 0) is 0 Å². The average Bonchev–Trinajstić information content (AvgIpc) is 1.41. The maximum absolute atomic E-state index is 4.44. The zero-order valence-corrected chi connectivity index (χ0v) is 5.38. The van der Waals surface area contributed by atoms with Gasteiger partial charge in [-0.3, -0.25) is 0 Å². The third-order valence-corrected chi connectivity index (χ3v) is 0.447. The maximum Gasteiger partial charge on any atom is 0.255 e. The van der Waals surface area contributed by atoms with Crippen molar-refractivity contribution in [3.8, 4) is 0 Å². The van der Waals surface area contributed by atoms with E-state index in [1.807, 2.05) is 0 Å². The number of rotatable bonds is 2. The van der Waals surface area contributed by atoms with Crippen molar-refractivity contribution in [3.63, 3.8) is 0 Å². The molecule has 0 rings (SSSR count).